The predicted octanol–water partition coefficient (Wildman–Crippen LogP) is 1.84. The van der Waals surface area contributed by atoms with Gasteiger partial charge in [-0.15, -0.1) is 0 Å². The van der Waals surface area contributed by atoms with Gasteiger partial charge in [-0.1, -0.05) is 12.8 Å². The molecule has 1 unspecified atom stereocenters. The quantitative estimate of drug-likeness (QED) is 0.808. The second-order valence-electron chi connectivity index (χ2n) is 6.63. The van der Waals surface area contributed by atoms with Crippen LogP contribution in [0, 0.1) is 5.92 Å². The Labute approximate surface area is 123 Å². The van der Waals surface area contributed by atoms with Crippen LogP contribution in [0.2, 0.25) is 0 Å². The zero-order chi connectivity index (χ0) is 14.4. The van der Waals surface area contributed by atoms with Gasteiger partial charge in [-0.3, -0.25) is 4.79 Å². The molecule has 0 spiro atoms. The molecule has 2 N–H and O–H groups in total. The van der Waals surface area contributed by atoms with Crippen LogP contribution in [-0.4, -0.2) is 55.0 Å². The Morgan fingerprint density at radius 3 is 2.45 bits per heavy atom. The number of hydrogen-bond acceptors (Lipinski definition) is 3. The van der Waals surface area contributed by atoms with Gasteiger partial charge in [0.1, 0.15) is 0 Å². The van der Waals surface area contributed by atoms with Crippen molar-refractivity contribution in [3.63, 3.8) is 0 Å². The summed E-state index contributed by atoms with van der Waals surface area (Å²) in [6, 6.07) is 0.213. The molecule has 1 aliphatic carbocycles. The van der Waals surface area contributed by atoms with Crippen molar-refractivity contribution in [3.05, 3.63) is 0 Å². The van der Waals surface area contributed by atoms with Gasteiger partial charge in [-0.25, -0.2) is 0 Å². The summed E-state index contributed by atoms with van der Waals surface area (Å²) in [6.45, 7) is 3.59. The van der Waals surface area contributed by atoms with Crippen molar-refractivity contribution in [1.82, 2.24) is 9.80 Å². The minimum absolute atomic E-state index is 0.213. The van der Waals surface area contributed by atoms with E-state index in [0.29, 0.717) is 18.9 Å². The molecule has 0 bridgehead atoms. The number of piperidine rings is 1. The van der Waals surface area contributed by atoms with Crippen molar-refractivity contribution in [2.75, 3.05) is 33.2 Å². The largest absolute Gasteiger partial charge is 0.343 e. The molecule has 0 aromatic rings. The number of likely N-dealkylation sites (tertiary alicyclic amines) is 1. The van der Waals surface area contributed by atoms with E-state index in [2.05, 4.69) is 11.9 Å². The summed E-state index contributed by atoms with van der Waals surface area (Å²) < 4.78 is 0. The number of nitrogens with two attached hydrogens (primary N) is 1. The summed E-state index contributed by atoms with van der Waals surface area (Å²) in [5, 5.41) is 0. The van der Waals surface area contributed by atoms with Crippen LogP contribution in [-0.2, 0) is 4.79 Å². The maximum Gasteiger partial charge on any atom is 0.224 e. The molecular formula is C16H31N3O. The van der Waals surface area contributed by atoms with Gasteiger partial charge in [0.05, 0.1) is 0 Å². The summed E-state index contributed by atoms with van der Waals surface area (Å²) >= 11 is 0. The zero-order valence-corrected chi connectivity index (χ0v) is 13.0. The second-order valence-corrected chi connectivity index (χ2v) is 6.63. The van der Waals surface area contributed by atoms with Gasteiger partial charge in [0.25, 0.3) is 0 Å². The van der Waals surface area contributed by atoms with Gasteiger partial charge in [0.15, 0.2) is 0 Å². The molecule has 1 amide bonds. The fourth-order valence-electron chi connectivity index (χ4n) is 3.64. The summed E-state index contributed by atoms with van der Waals surface area (Å²) in [6.07, 6.45) is 9.64. The third kappa shape index (κ3) is 4.45. The number of carbonyl (C=O) groups is 1. The lowest BCUT2D eigenvalue weighted by molar-refractivity contribution is -0.133. The second kappa shape index (κ2) is 7.99. The van der Waals surface area contributed by atoms with Gasteiger partial charge < -0.3 is 15.5 Å². The van der Waals surface area contributed by atoms with E-state index in [-0.39, 0.29) is 6.04 Å². The molecule has 0 radical (unpaired) electrons. The van der Waals surface area contributed by atoms with Crippen LogP contribution in [0.5, 0.6) is 0 Å². The minimum atomic E-state index is 0.213. The Hall–Kier alpha value is -0.610. The van der Waals surface area contributed by atoms with Gasteiger partial charge in [-0.05, 0) is 45.1 Å². The Bertz CT molecular complexity index is 296. The summed E-state index contributed by atoms with van der Waals surface area (Å²) in [5.74, 6) is 1.12. The molecule has 4 heteroatoms. The average Bonchev–Trinajstić information content (AvgIpc) is 2.98. The van der Waals surface area contributed by atoms with Crippen molar-refractivity contribution in [3.8, 4) is 0 Å². The van der Waals surface area contributed by atoms with Crippen molar-refractivity contribution < 1.29 is 4.79 Å². The number of likely N-dealkylation sites (N-methyl/N-ethyl adjacent to an activating group) is 1. The highest BCUT2D eigenvalue weighted by molar-refractivity contribution is 5.76. The molecule has 1 saturated heterocycles. The van der Waals surface area contributed by atoms with E-state index in [1.165, 1.54) is 32.1 Å². The highest BCUT2D eigenvalue weighted by Crippen LogP contribution is 2.26. The molecule has 0 aromatic heterocycles. The first-order valence-electron chi connectivity index (χ1n) is 8.38. The Morgan fingerprint density at radius 2 is 1.85 bits per heavy atom. The number of carbonyl (C=O) groups excluding carboxylic acids is 1. The number of rotatable bonds is 6. The van der Waals surface area contributed by atoms with Crippen molar-refractivity contribution in [2.45, 2.75) is 57.4 Å². The van der Waals surface area contributed by atoms with E-state index in [1.807, 2.05) is 4.90 Å². The van der Waals surface area contributed by atoms with E-state index >= 15 is 0 Å². The first kappa shape index (κ1) is 15.8. The maximum absolute atomic E-state index is 12.4. The number of hydrogen-bond donors (Lipinski definition) is 1. The standard InChI is InChI=1S/C16H31N3O/c1-18(13-14-7-3-4-8-14)15(12-17)11-16(20)19-9-5-2-6-10-19/h14-15H,2-13,17H2,1H3. The van der Waals surface area contributed by atoms with E-state index in [4.69, 9.17) is 5.73 Å². The SMILES string of the molecule is CN(CC1CCCC1)C(CN)CC(=O)N1CCCCC1. The third-order valence-corrected chi connectivity index (χ3v) is 5.04. The molecule has 2 fully saturated rings. The lowest BCUT2D eigenvalue weighted by Gasteiger charge is -2.32. The lowest BCUT2D eigenvalue weighted by atomic mass is 10.0. The molecule has 1 saturated carbocycles. The van der Waals surface area contributed by atoms with Crippen LogP contribution in [0.3, 0.4) is 0 Å². The Morgan fingerprint density at radius 1 is 1.20 bits per heavy atom. The van der Waals surface area contributed by atoms with Crippen LogP contribution in [0.15, 0.2) is 0 Å². The highest BCUT2D eigenvalue weighted by Gasteiger charge is 2.25. The fraction of sp³-hybridized carbons (Fsp3) is 0.938. The van der Waals surface area contributed by atoms with Crippen molar-refractivity contribution in [2.24, 2.45) is 11.7 Å². The fourth-order valence-corrected chi connectivity index (χ4v) is 3.64. The van der Waals surface area contributed by atoms with Gasteiger partial charge in [0, 0.05) is 38.6 Å². The van der Waals surface area contributed by atoms with E-state index in [9.17, 15) is 4.79 Å². The molecule has 20 heavy (non-hydrogen) atoms. The lowest BCUT2D eigenvalue weighted by Crippen LogP contribution is -2.45. The van der Waals surface area contributed by atoms with Gasteiger partial charge >= 0.3 is 0 Å². The molecule has 1 heterocycles. The summed E-state index contributed by atoms with van der Waals surface area (Å²) in [4.78, 5) is 16.7. The number of nitrogens with zero attached hydrogens (tertiary/aromatic N) is 2. The first-order chi connectivity index (χ1) is 9.70. The van der Waals surface area contributed by atoms with Crippen LogP contribution in [0.25, 0.3) is 0 Å². The molecule has 2 rings (SSSR count). The monoisotopic (exact) mass is 281 g/mol. The van der Waals surface area contributed by atoms with Crippen molar-refractivity contribution >= 4 is 5.91 Å². The van der Waals surface area contributed by atoms with Crippen LogP contribution >= 0.6 is 0 Å². The van der Waals surface area contributed by atoms with Gasteiger partial charge in [0.2, 0.25) is 5.91 Å². The predicted molar refractivity (Wildman–Crippen MR) is 82.5 cm³/mol. The summed E-state index contributed by atoms with van der Waals surface area (Å²) in [5.41, 5.74) is 5.91. The molecule has 2 aliphatic rings. The summed E-state index contributed by atoms with van der Waals surface area (Å²) in [7, 11) is 2.14. The molecule has 1 aliphatic heterocycles. The average molecular weight is 281 g/mol. The Kier molecular flexibility index (Phi) is 6.30. The molecule has 4 nitrogen and oxygen atoms in total. The smallest absolute Gasteiger partial charge is 0.224 e. The molecular weight excluding hydrogens is 250 g/mol. The van der Waals surface area contributed by atoms with Crippen LogP contribution in [0.4, 0.5) is 0 Å². The molecule has 0 aromatic carbocycles. The minimum Gasteiger partial charge on any atom is -0.343 e. The zero-order valence-electron chi connectivity index (χ0n) is 13.0. The highest BCUT2D eigenvalue weighted by atomic mass is 16.2. The van der Waals surface area contributed by atoms with E-state index in [0.717, 1.165) is 38.4 Å². The van der Waals surface area contributed by atoms with Crippen LogP contribution < -0.4 is 5.73 Å². The van der Waals surface area contributed by atoms with E-state index < -0.39 is 0 Å². The number of amides is 1. The normalized spacial score (nSPS) is 22.4. The van der Waals surface area contributed by atoms with Gasteiger partial charge in [-0.2, -0.15) is 0 Å². The first-order valence-corrected chi connectivity index (χ1v) is 8.38. The van der Waals surface area contributed by atoms with Crippen LogP contribution in [0.1, 0.15) is 51.4 Å². The maximum atomic E-state index is 12.4. The molecule has 1 atom stereocenters. The van der Waals surface area contributed by atoms with Crippen molar-refractivity contribution in [1.29, 1.82) is 0 Å². The third-order valence-electron chi connectivity index (χ3n) is 5.04. The Balaban J connectivity index is 1.78. The van der Waals surface area contributed by atoms with E-state index in [1.54, 1.807) is 0 Å². The molecule has 116 valence electrons. The topological polar surface area (TPSA) is 49.6 Å².